The van der Waals surface area contributed by atoms with E-state index in [9.17, 15) is 10.1 Å². The highest BCUT2D eigenvalue weighted by atomic mass is 16.6. The Labute approximate surface area is 51.3 Å². The lowest BCUT2D eigenvalue weighted by Gasteiger charge is -1.81. The van der Waals surface area contributed by atoms with Crippen LogP contribution in [0.5, 0.6) is 0 Å². The van der Waals surface area contributed by atoms with Crippen molar-refractivity contribution < 1.29 is 9.91 Å². The molecule has 0 bridgehead atoms. The highest BCUT2D eigenvalue weighted by Gasteiger charge is 2.04. The number of H-pyrrole nitrogens is 1. The third-order valence-corrected chi connectivity index (χ3v) is 0.901. The van der Waals surface area contributed by atoms with E-state index in [-0.39, 0.29) is 5.69 Å². The summed E-state index contributed by atoms with van der Waals surface area (Å²) in [6.45, 7) is 0. The van der Waals surface area contributed by atoms with Crippen LogP contribution in [0, 0.1) is 10.1 Å². The Hall–Kier alpha value is -1.45. The first-order valence-electron chi connectivity index (χ1n) is 2.41. The van der Waals surface area contributed by atoms with Crippen LogP contribution in [-0.4, -0.2) is 4.92 Å². The van der Waals surface area contributed by atoms with Gasteiger partial charge >= 0.3 is 5.69 Å². The molecule has 1 N–H and O–H groups in total. The number of hydrogen-bond acceptors (Lipinski definition) is 2. The Morgan fingerprint density at radius 2 is 2.44 bits per heavy atom. The van der Waals surface area contributed by atoms with E-state index in [2.05, 4.69) is 4.98 Å². The molecule has 0 amide bonds. The van der Waals surface area contributed by atoms with Gasteiger partial charge < -0.3 is 0 Å². The van der Waals surface area contributed by atoms with Gasteiger partial charge in [-0.15, -0.1) is 0 Å². The smallest absolute Gasteiger partial charge is 0.258 e. The zero-order valence-corrected chi connectivity index (χ0v) is 4.57. The number of nitrogens with one attached hydrogen (secondary N) is 1. The van der Waals surface area contributed by atoms with Crippen LogP contribution >= 0.6 is 0 Å². The van der Waals surface area contributed by atoms with Gasteiger partial charge in [-0.3, -0.25) is 10.1 Å². The van der Waals surface area contributed by atoms with Gasteiger partial charge in [-0.1, -0.05) is 0 Å². The lowest BCUT2D eigenvalue weighted by atomic mass is 10.4. The van der Waals surface area contributed by atoms with Crippen LogP contribution in [0.15, 0.2) is 24.5 Å². The van der Waals surface area contributed by atoms with Crippen LogP contribution in [0.1, 0.15) is 0 Å². The SMILES string of the molecule is O=[N+]([O-])c1ccc[nH+]c1. The Morgan fingerprint density at radius 1 is 1.67 bits per heavy atom. The van der Waals surface area contributed by atoms with Crippen molar-refractivity contribution in [3.8, 4) is 0 Å². The summed E-state index contributed by atoms with van der Waals surface area (Å²) in [6.07, 6.45) is 2.95. The molecule has 0 aromatic carbocycles. The summed E-state index contributed by atoms with van der Waals surface area (Å²) in [5.74, 6) is 0. The van der Waals surface area contributed by atoms with Gasteiger partial charge in [-0.05, 0) is 0 Å². The molecule has 0 radical (unpaired) electrons. The van der Waals surface area contributed by atoms with Crippen molar-refractivity contribution in [3.05, 3.63) is 34.6 Å². The summed E-state index contributed by atoms with van der Waals surface area (Å²) in [5, 5.41) is 9.99. The van der Waals surface area contributed by atoms with Crippen molar-refractivity contribution in [3.63, 3.8) is 0 Å². The van der Waals surface area contributed by atoms with Gasteiger partial charge in [0, 0.05) is 12.1 Å². The van der Waals surface area contributed by atoms with Crippen molar-refractivity contribution in [2.45, 2.75) is 0 Å². The Balaban J connectivity index is 2.98. The molecule has 9 heavy (non-hydrogen) atoms. The van der Waals surface area contributed by atoms with E-state index in [1.54, 1.807) is 12.3 Å². The van der Waals surface area contributed by atoms with Crippen LogP contribution in [0.3, 0.4) is 0 Å². The topological polar surface area (TPSA) is 57.3 Å². The molecule has 4 nitrogen and oxygen atoms in total. The second-order valence-corrected chi connectivity index (χ2v) is 1.52. The van der Waals surface area contributed by atoms with Crippen molar-refractivity contribution >= 4 is 5.69 Å². The van der Waals surface area contributed by atoms with Crippen molar-refractivity contribution in [1.82, 2.24) is 0 Å². The monoisotopic (exact) mass is 125 g/mol. The molecule has 0 saturated heterocycles. The van der Waals surface area contributed by atoms with Gasteiger partial charge in [0.15, 0.2) is 6.20 Å². The molecular formula is C5H5N2O2+. The number of aromatic amines is 1. The molecule has 1 heterocycles. The molecule has 0 aliphatic rings. The van der Waals surface area contributed by atoms with Crippen LogP contribution in [0.4, 0.5) is 5.69 Å². The predicted octanol–water partition coefficient (Wildman–Crippen LogP) is 0.409. The summed E-state index contributed by atoms with van der Waals surface area (Å²) in [6, 6.07) is 3.01. The second-order valence-electron chi connectivity index (χ2n) is 1.52. The van der Waals surface area contributed by atoms with E-state index in [4.69, 9.17) is 0 Å². The largest absolute Gasteiger partial charge is 0.332 e. The zero-order chi connectivity index (χ0) is 6.69. The van der Waals surface area contributed by atoms with Gasteiger partial charge in [0.25, 0.3) is 0 Å². The minimum absolute atomic E-state index is 0.0810. The van der Waals surface area contributed by atoms with Crippen LogP contribution in [0.2, 0.25) is 0 Å². The van der Waals surface area contributed by atoms with Crippen molar-refractivity contribution in [2.24, 2.45) is 0 Å². The summed E-state index contributed by atoms with van der Waals surface area (Å²) in [5.41, 5.74) is 0.0810. The fourth-order valence-electron chi connectivity index (χ4n) is 0.497. The first-order chi connectivity index (χ1) is 4.30. The lowest BCUT2D eigenvalue weighted by Crippen LogP contribution is -2.00. The Bertz CT molecular complexity index is 209. The molecule has 1 aromatic rings. The van der Waals surface area contributed by atoms with Crippen LogP contribution in [0.25, 0.3) is 0 Å². The number of nitrogens with zero attached hydrogens (tertiary/aromatic N) is 1. The summed E-state index contributed by atoms with van der Waals surface area (Å²) in [4.78, 5) is 12.1. The van der Waals surface area contributed by atoms with E-state index in [1.807, 2.05) is 0 Å². The number of aromatic nitrogens is 1. The highest BCUT2D eigenvalue weighted by molar-refractivity contribution is 5.20. The predicted molar refractivity (Wildman–Crippen MR) is 29.7 cm³/mol. The second kappa shape index (κ2) is 2.21. The maximum Gasteiger partial charge on any atom is 0.332 e. The molecule has 1 aromatic heterocycles. The summed E-state index contributed by atoms with van der Waals surface area (Å²) in [7, 11) is 0. The summed E-state index contributed by atoms with van der Waals surface area (Å²) < 4.78 is 0. The number of nitro groups is 1. The zero-order valence-electron chi connectivity index (χ0n) is 4.57. The van der Waals surface area contributed by atoms with Gasteiger partial charge in [-0.2, -0.15) is 0 Å². The minimum atomic E-state index is -0.448. The first-order valence-corrected chi connectivity index (χ1v) is 2.41. The normalized spacial score (nSPS) is 8.89. The van der Waals surface area contributed by atoms with Crippen LogP contribution in [-0.2, 0) is 0 Å². The molecule has 0 unspecified atom stereocenters. The molecular weight excluding hydrogens is 120 g/mol. The molecule has 0 atom stereocenters. The molecule has 0 spiro atoms. The lowest BCUT2D eigenvalue weighted by molar-refractivity contribution is -0.420. The molecule has 1 rings (SSSR count). The maximum absolute atomic E-state index is 9.99. The molecule has 0 aliphatic carbocycles. The van der Waals surface area contributed by atoms with Crippen molar-refractivity contribution in [1.29, 1.82) is 0 Å². The Kier molecular flexibility index (Phi) is 1.40. The average molecular weight is 125 g/mol. The molecule has 0 aliphatic heterocycles. The third-order valence-electron chi connectivity index (χ3n) is 0.901. The van der Waals surface area contributed by atoms with Gasteiger partial charge in [0.05, 0.1) is 4.92 Å². The van der Waals surface area contributed by atoms with Gasteiger partial charge in [0.1, 0.15) is 0 Å². The van der Waals surface area contributed by atoms with E-state index in [0.717, 1.165) is 0 Å². The maximum atomic E-state index is 9.99. The number of pyridine rings is 1. The molecule has 0 saturated carbocycles. The molecule has 46 valence electrons. The summed E-state index contributed by atoms with van der Waals surface area (Å²) >= 11 is 0. The quantitative estimate of drug-likeness (QED) is 0.403. The fraction of sp³-hybridized carbons (Fsp3) is 0. The minimum Gasteiger partial charge on any atom is -0.258 e. The van der Waals surface area contributed by atoms with E-state index in [0.29, 0.717) is 0 Å². The molecule has 0 fully saturated rings. The van der Waals surface area contributed by atoms with Gasteiger partial charge in [0.2, 0.25) is 6.20 Å². The average Bonchev–Trinajstić information content (AvgIpc) is 1.90. The first kappa shape index (κ1) is 5.68. The molecule has 4 heteroatoms. The fourth-order valence-corrected chi connectivity index (χ4v) is 0.497. The van der Waals surface area contributed by atoms with Crippen LogP contribution < -0.4 is 4.98 Å². The number of rotatable bonds is 1. The van der Waals surface area contributed by atoms with E-state index < -0.39 is 4.92 Å². The van der Waals surface area contributed by atoms with Crippen molar-refractivity contribution in [2.75, 3.05) is 0 Å². The standard InChI is InChI=1S/C5H4N2O2/c8-7(9)5-2-1-3-6-4-5/h1-4H/p+1. The van der Waals surface area contributed by atoms with Gasteiger partial charge in [-0.25, -0.2) is 4.98 Å². The third kappa shape index (κ3) is 1.22. The highest BCUT2D eigenvalue weighted by Crippen LogP contribution is 2.02. The van der Waals surface area contributed by atoms with E-state index >= 15 is 0 Å². The van der Waals surface area contributed by atoms with E-state index in [1.165, 1.54) is 12.3 Å². The number of hydrogen-bond donors (Lipinski definition) is 0. The Morgan fingerprint density at radius 3 is 2.78 bits per heavy atom.